The number of carbonyl (C=O) groups is 2. The fraction of sp³-hybridized carbons (Fsp3) is 0.320. The molecule has 1 aliphatic heterocycles. The van der Waals surface area contributed by atoms with Crippen LogP contribution in [-0.4, -0.2) is 52.7 Å². The highest BCUT2D eigenvalue weighted by Gasteiger charge is 2.34. The number of piperazine rings is 1. The standard InChI is InChI=1S/C25H26F3N5O2/c1-17-15-18(2)33(30-17)16-23(34)32-13-11-31(12-14-32)22-10-6-3-7-19(22)24(35)29-21-9-5-4-8-20(21)25(26,27)28/h3-10,15H,11-14,16H2,1-2H3,(H,29,35). The maximum absolute atomic E-state index is 13.3. The summed E-state index contributed by atoms with van der Waals surface area (Å²) in [6, 6.07) is 13.6. The number of aromatic nitrogens is 2. The Hall–Kier alpha value is -3.82. The zero-order valence-electron chi connectivity index (χ0n) is 19.5. The fourth-order valence-electron chi connectivity index (χ4n) is 4.23. The van der Waals surface area contributed by atoms with Crippen LogP contribution in [0.2, 0.25) is 0 Å². The Morgan fingerprint density at radius 3 is 2.29 bits per heavy atom. The summed E-state index contributed by atoms with van der Waals surface area (Å²) < 4.78 is 41.7. The largest absolute Gasteiger partial charge is 0.418 e. The lowest BCUT2D eigenvalue weighted by Gasteiger charge is -2.37. The van der Waals surface area contributed by atoms with Crippen molar-refractivity contribution < 1.29 is 22.8 Å². The molecule has 184 valence electrons. The van der Waals surface area contributed by atoms with Crippen LogP contribution < -0.4 is 10.2 Å². The van der Waals surface area contributed by atoms with Gasteiger partial charge in [-0.2, -0.15) is 18.3 Å². The van der Waals surface area contributed by atoms with Crippen molar-refractivity contribution in [3.63, 3.8) is 0 Å². The average Bonchev–Trinajstić information content (AvgIpc) is 3.15. The predicted molar refractivity (Wildman–Crippen MR) is 126 cm³/mol. The molecule has 2 aromatic carbocycles. The molecule has 2 heterocycles. The summed E-state index contributed by atoms with van der Waals surface area (Å²) in [4.78, 5) is 29.5. The van der Waals surface area contributed by atoms with Crippen LogP contribution in [0.25, 0.3) is 0 Å². The zero-order chi connectivity index (χ0) is 25.2. The number of anilines is 2. The van der Waals surface area contributed by atoms with E-state index in [1.54, 1.807) is 33.8 Å². The van der Waals surface area contributed by atoms with E-state index in [2.05, 4.69) is 10.4 Å². The summed E-state index contributed by atoms with van der Waals surface area (Å²) in [7, 11) is 0. The molecule has 1 saturated heterocycles. The van der Waals surface area contributed by atoms with Crippen LogP contribution in [-0.2, 0) is 17.5 Å². The van der Waals surface area contributed by atoms with Gasteiger partial charge in [-0.05, 0) is 44.2 Å². The molecule has 0 atom stereocenters. The van der Waals surface area contributed by atoms with Gasteiger partial charge in [-0.3, -0.25) is 14.3 Å². The third kappa shape index (κ3) is 5.47. The maximum Gasteiger partial charge on any atom is 0.418 e. The number of alkyl halides is 3. The number of hydrogen-bond acceptors (Lipinski definition) is 4. The first-order valence-electron chi connectivity index (χ1n) is 11.2. The lowest BCUT2D eigenvalue weighted by atomic mass is 10.1. The summed E-state index contributed by atoms with van der Waals surface area (Å²) in [5.41, 5.74) is 1.46. The summed E-state index contributed by atoms with van der Waals surface area (Å²) >= 11 is 0. The van der Waals surface area contributed by atoms with Crippen molar-refractivity contribution >= 4 is 23.2 Å². The number of carbonyl (C=O) groups excluding carboxylic acids is 2. The smallest absolute Gasteiger partial charge is 0.367 e. The van der Waals surface area contributed by atoms with Gasteiger partial charge in [0.2, 0.25) is 5.91 Å². The Labute approximate surface area is 201 Å². The molecule has 0 unspecified atom stereocenters. The van der Waals surface area contributed by atoms with Crippen LogP contribution in [0.15, 0.2) is 54.6 Å². The van der Waals surface area contributed by atoms with E-state index in [0.717, 1.165) is 17.5 Å². The second-order valence-corrected chi connectivity index (χ2v) is 8.47. The molecule has 1 fully saturated rings. The Morgan fingerprint density at radius 2 is 1.63 bits per heavy atom. The summed E-state index contributed by atoms with van der Waals surface area (Å²) in [5.74, 6) is -0.661. The molecule has 0 spiro atoms. The maximum atomic E-state index is 13.3. The van der Waals surface area contributed by atoms with Crippen LogP contribution in [0, 0.1) is 13.8 Å². The summed E-state index contributed by atoms with van der Waals surface area (Å²) in [5, 5.41) is 6.75. The number of aryl methyl sites for hydroxylation is 2. The summed E-state index contributed by atoms with van der Waals surface area (Å²) in [6.07, 6.45) is -4.58. The molecule has 0 saturated carbocycles. The quantitative estimate of drug-likeness (QED) is 0.590. The van der Waals surface area contributed by atoms with E-state index in [0.29, 0.717) is 31.9 Å². The molecular weight excluding hydrogens is 459 g/mol. The highest BCUT2D eigenvalue weighted by Crippen LogP contribution is 2.35. The first-order chi connectivity index (χ1) is 16.6. The van der Waals surface area contributed by atoms with Crippen molar-refractivity contribution in [2.75, 3.05) is 36.4 Å². The van der Waals surface area contributed by atoms with Gasteiger partial charge in [-0.1, -0.05) is 24.3 Å². The minimum absolute atomic E-state index is 0.0364. The molecule has 1 aliphatic rings. The highest BCUT2D eigenvalue weighted by molar-refractivity contribution is 6.08. The van der Waals surface area contributed by atoms with E-state index in [1.807, 2.05) is 24.8 Å². The van der Waals surface area contributed by atoms with Crippen LogP contribution in [0.1, 0.15) is 27.3 Å². The van der Waals surface area contributed by atoms with Crippen LogP contribution in [0.4, 0.5) is 24.5 Å². The summed E-state index contributed by atoms with van der Waals surface area (Å²) in [6.45, 7) is 5.86. The molecule has 0 aliphatic carbocycles. The Kier molecular flexibility index (Phi) is 6.81. The van der Waals surface area contributed by atoms with E-state index in [4.69, 9.17) is 0 Å². The van der Waals surface area contributed by atoms with Gasteiger partial charge < -0.3 is 15.1 Å². The molecule has 7 nitrogen and oxygen atoms in total. The second-order valence-electron chi connectivity index (χ2n) is 8.47. The number of halogens is 3. The molecule has 1 aromatic heterocycles. The number of hydrogen-bond donors (Lipinski definition) is 1. The molecule has 3 aromatic rings. The molecule has 35 heavy (non-hydrogen) atoms. The van der Waals surface area contributed by atoms with Gasteiger partial charge in [0.05, 0.1) is 22.5 Å². The molecule has 1 N–H and O–H groups in total. The topological polar surface area (TPSA) is 70.5 Å². The van der Waals surface area contributed by atoms with E-state index < -0.39 is 17.6 Å². The molecule has 10 heteroatoms. The zero-order valence-corrected chi connectivity index (χ0v) is 19.5. The van der Waals surface area contributed by atoms with Crippen LogP contribution >= 0.6 is 0 Å². The normalized spacial score (nSPS) is 14.2. The number of amides is 2. The van der Waals surface area contributed by atoms with E-state index >= 15 is 0 Å². The monoisotopic (exact) mass is 485 g/mol. The fourth-order valence-corrected chi connectivity index (χ4v) is 4.23. The van der Waals surface area contributed by atoms with Gasteiger partial charge in [0.1, 0.15) is 6.54 Å². The lowest BCUT2D eigenvalue weighted by Crippen LogP contribution is -2.50. The van der Waals surface area contributed by atoms with E-state index in [1.165, 1.54) is 18.2 Å². The van der Waals surface area contributed by atoms with Crippen molar-refractivity contribution in [3.8, 4) is 0 Å². The third-order valence-corrected chi connectivity index (χ3v) is 5.99. The molecule has 0 bridgehead atoms. The van der Waals surface area contributed by atoms with Gasteiger partial charge in [0.15, 0.2) is 0 Å². The third-order valence-electron chi connectivity index (χ3n) is 5.99. The SMILES string of the molecule is Cc1cc(C)n(CC(=O)N2CCN(c3ccccc3C(=O)Nc3ccccc3C(F)(F)F)CC2)n1. The van der Waals surface area contributed by atoms with Gasteiger partial charge in [-0.15, -0.1) is 0 Å². The number of rotatable bonds is 5. The Balaban J connectivity index is 1.44. The van der Waals surface area contributed by atoms with Crippen molar-refractivity contribution in [2.45, 2.75) is 26.6 Å². The van der Waals surface area contributed by atoms with Gasteiger partial charge >= 0.3 is 6.18 Å². The molecule has 2 amide bonds. The van der Waals surface area contributed by atoms with Gasteiger partial charge in [0, 0.05) is 37.6 Å². The Morgan fingerprint density at radius 1 is 0.971 bits per heavy atom. The minimum Gasteiger partial charge on any atom is -0.367 e. The van der Waals surface area contributed by atoms with Crippen molar-refractivity contribution in [3.05, 3.63) is 77.1 Å². The Bertz CT molecular complexity index is 1230. The average molecular weight is 486 g/mol. The number of para-hydroxylation sites is 2. The number of nitrogens with zero attached hydrogens (tertiary/aromatic N) is 4. The number of benzene rings is 2. The molecule has 0 radical (unpaired) electrons. The first-order valence-corrected chi connectivity index (χ1v) is 11.2. The number of nitrogens with one attached hydrogen (secondary N) is 1. The second kappa shape index (κ2) is 9.81. The van der Waals surface area contributed by atoms with Crippen molar-refractivity contribution in [2.24, 2.45) is 0 Å². The predicted octanol–water partition coefficient (Wildman–Crippen LogP) is 4.12. The molecule has 4 rings (SSSR count). The minimum atomic E-state index is -4.58. The first kappa shape index (κ1) is 24.3. The van der Waals surface area contributed by atoms with Gasteiger partial charge in [-0.25, -0.2) is 0 Å². The van der Waals surface area contributed by atoms with Crippen LogP contribution in [0.5, 0.6) is 0 Å². The molecular formula is C25H26F3N5O2. The van der Waals surface area contributed by atoms with E-state index in [9.17, 15) is 22.8 Å². The van der Waals surface area contributed by atoms with E-state index in [-0.39, 0.29) is 23.7 Å². The van der Waals surface area contributed by atoms with Crippen molar-refractivity contribution in [1.29, 1.82) is 0 Å². The van der Waals surface area contributed by atoms with Crippen molar-refractivity contribution in [1.82, 2.24) is 14.7 Å². The van der Waals surface area contributed by atoms with Gasteiger partial charge in [0.25, 0.3) is 5.91 Å². The lowest BCUT2D eigenvalue weighted by molar-refractivity contribution is -0.137. The highest BCUT2D eigenvalue weighted by atomic mass is 19.4. The van der Waals surface area contributed by atoms with Crippen LogP contribution in [0.3, 0.4) is 0 Å².